The van der Waals surface area contributed by atoms with Crippen molar-refractivity contribution in [2.45, 2.75) is 63.7 Å². The summed E-state index contributed by atoms with van der Waals surface area (Å²) in [6.07, 6.45) is 8.54. The minimum Gasteiger partial charge on any atom is -0.492 e. The van der Waals surface area contributed by atoms with E-state index in [0.29, 0.717) is 34.9 Å². The summed E-state index contributed by atoms with van der Waals surface area (Å²) >= 11 is 0. The fourth-order valence-corrected chi connectivity index (χ4v) is 7.94. The summed E-state index contributed by atoms with van der Waals surface area (Å²) in [5, 5.41) is 0. The average Bonchev–Trinajstić information content (AvgIpc) is 3.49. The SMILES string of the molecule is C[C@@]12CCC[C@H]1[C@@H]1CC(=O)c3ccccc3[C@H]1[C@@H](c1ccc(OCCN3CCCC3)cc1)C2. The molecule has 5 atom stereocenters. The lowest BCUT2D eigenvalue weighted by atomic mass is 9.51. The Bertz CT molecular complexity index is 1010. The van der Waals surface area contributed by atoms with Crippen LogP contribution in [0.4, 0.5) is 0 Å². The van der Waals surface area contributed by atoms with Gasteiger partial charge in [-0.1, -0.05) is 49.7 Å². The number of Topliss-reactive ketones (excluding diaryl/α,β-unsaturated/α-hetero) is 1. The lowest BCUT2D eigenvalue weighted by Crippen LogP contribution is -2.44. The first-order valence-electron chi connectivity index (χ1n) is 13.2. The van der Waals surface area contributed by atoms with Crippen LogP contribution in [0.25, 0.3) is 0 Å². The van der Waals surface area contributed by atoms with E-state index in [4.69, 9.17) is 4.74 Å². The Morgan fingerprint density at radius 3 is 2.64 bits per heavy atom. The summed E-state index contributed by atoms with van der Waals surface area (Å²) in [5.74, 6) is 3.44. The quantitative estimate of drug-likeness (QED) is 0.532. The van der Waals surface area contributed by atoms with Crippen molar-refractivity contribution < 1.29 is 9.53 Å². The third kappa shape index (κ3) is 3.83. The van der Waals surface area contributed by atoms with Crippen molar-refractivity contribution in [2.24, 2.45) is 17.3 Å². The Morgan fingerprint density at radius 2 is 1.82 bits per heavy atom. The number of fused-ring (bicyclic) bond motifs is 5. The molecular weight excluding hydrogens is 406 g/mol. The van der Waals surface area contributed by atoms with E-state index in [9.17, 15) is 4.79 Å². The van der Waals surface area contributed by atoms with E-state index in [1.807, 2.05) is 6.07 Å². The summed E-state index contributed by atoms with van der Waals surface area (Å²) in [4.78, 5) is 15.6. The fourth-order valence-electron chi connectivity index (χ4n) is 7.94. The van der Waals surface area contributed by atoms with Crippen LogP contribution in [0.5, 0.6) is 5.75 Å². The van der Waals surface area contributed by atoms with Crippen LogP contribution in [0.3, 0.4) is 0 Å². The Kier molecular flexibility index (Phi) is 5.57. The number of carbonyl (C=O) groups is 1. The molecule has 0 unspecified atom stereocenters. The first-order chi connectivity index (χ1) is 16.1. The van der Waals surface area contributed by atoms with Gasteiger partial charge in [-0.3, -0.25) is 9.69 Å². The van der Waals surface area contributed by atoms with Gasteiger partial charge in [0.2, 0.25) is 0 Å². The van der Waals surface area contributed by atoms with E-state index < -0.39 is 0 Å². The van der Waals surface area contributed by atoms with Crippen LogP contribution in [0.1, 0.15) is 85.2 Å². The highest BCUT2D eigenvalue weighted by Crippen LogP contribution is 2.64. The molecule has 0 bridgehead atoms. The van der Waals surface area contributed by atoms with Gasteiger partial charge in [0, 0.05) is 18.5 Å². The van der Waals surface area contributed by atoms with E-state index >= 15 is 0 Å². The number of hydrogen-bond acceptors (Lipinski definition) is 3. The molecule has 6 rings (SSSR count). The molecule has 0 amide bonds. The first kappa shape index (κ1) is 21.4. The van der Waals surface area contributed by atoms with Crippen molar-refractivity contribution in [3.05, 3.63) is 65.2 Å². The van der Waals surface area contributed by atoms with Gasteiger partial charge in [0.25, 0.3) is 0 Å². The number of nitrogens with zero attached hydrogens (tertiary/aromatic N) is 1. The van der Waals surface area contributed by atoms with E-state index in [1.165, 1.54) is 62.7 Å². The zero-order valence-electron chi connectivity index (χ0n) is 20.0. The molecule has 3 fully saturated rings. The molecule has 3 aliphatic carbocycles. The second-order valence-electron chi connectivity index (χ2n) is 11.3. The number of rotatable bonds is 5. The van der Waals surface area contributed by atoms with Gasteiger partial charge in [-0.05, 0) is 97.5 Å². The van der Waals surface area contributed by atoms with Crippen molar-refractivity contribution in [1.29, 1.82) is 0 Å². The highest BCUT2D eigenvalue weighted by molar-refractivity contribution is 5.99. The Labute approximate surface area is 198 Å². The van der Waals surface area contributed by atoms with Crippen LogP contribution in [-0.4, -0.2) is 36.9 Å². The van der Waals surface area contributed by atoms with Crippen molar-refractivity contribution in [1.82, 2.24) is 4.90 Å². The van der Waals surface area contributed by atoms with Crippen molar-refractivity contribution in [2.75, 3.05) is 26.2 Å². The van der Waals surface area contributed by atoms with Gasteiger partial charge in [0.05, 0.1) is 0 Å². The molecule has 2 aromatic rings. The number of benzene rings is 2. The van der Waals surface area contributed by atoms with Crippen molar-refractivity contribution in [3.63, 3.8) is 0 Å². The van der Waals surface area contributed by atoms with Crippen LogP contribution < -0.4 is 4.74 Å². The summed E-state index contributed by atoms with van der Waals surface area (Å²) in [7, 11) is 0. The molecule has 174 valence electrons. The second kappa shape index (κ2) is 8.58. The topological polar surface area (TPSA) is 29.5 Å². The lowest BCUT2D eigenvalue weighted by molar-refractivity contribution is 0.0402. The van der Waals surface area contributed by atoms with Gasteiger partial charge in [0.15, 0.2) is 5.78 Å². The molecule has 0 radical (unpaired) electrons. The molecule has 2 saturated carbocycles. The van der Waals surface area contributed by atoms with Gasteiger partial charge in [-0.2, -0.15) is 0 Å². The number of carbonyl (C=O) groups excluding carboxylic acids is 1. The molecule has 3 heteroatoms. The zero-order chi connectivity index (χ0) is 22.4. The van der Waals surface area contributed by atoms with Crippen molar-refractivity contribution in [3.8, 4) is 5.75 Å². The fraction of sp³-hybridized carbons (Fsp3) is 0.567. The molecule has 0 N–H and O–H groups in total. The number of ketones is 1. The maximum absolute atomic E-state index is 13.1. The molecule has 1 heterocycles. The third-order valence-electron chi connectivity index (χ3n) is 9.48. The Hall–Kier alpha value is -2.13. The average molecular weight is 444 g/mol. The predicted octanol–water partition coefficient (Wildman–Crippen LogP) is 6.44. The third-order valence-corrected chi connectivity index (χ3v) is 9.48. The molecule has 1 aliphatic heterocycles. The van der Waals surface area contributed by atoms with Crippen LogP contribution >= 0.6 is 0 Å². The molecule has 33 heavy (non-hydrogen) atoms. The number of ether oxygens (including phenoxy) is 1. The number of likely N-dealkylation sites (tertiary alicyclic amines) is 1. The first-order valence-corrected chi connectivity index (χ1v) is 13.2. The minimum atomic E-state index is 0.364. The van der Waals surface area contributed by atoms with E-state index in [0.717, 1.165) is 30.9 Å². The number of hydrogen-bond donors (Lipinski definition) is 0. The molecular formula is C30H37NO2. The normalized spacial score (nSPS) is 33.4. The van der Waals surface area contributed by atoms with Crippen LogP contribution in [0, 0.1) is 17.3 Å². The maximum Gasteiger partial charge on any atom is 0.163 e. The van der Waals surface area contributed by atoms with E-state index in [1.54, 1.807) is 0 Å². The van der Waals surface area contributed by atoms with Gasteiger partial charge >= 0.3 is 0 Å². The monoisotopic (exact) mass is 443 g/mol. The van der Waals surface area contributed by atoms with E-state index in [2.05, 4.69) is 54.3 Å². The summed E-state index contributed by atoms with van der Waals surface area (Å²) < 4.78 is 6.09. The van der Waals surface area contributed by atoms with Gasteiger partial charge in [-0.25, -0.2) is 0 Å². The Morgan fingerprint density at radius 1 is 1.03 bits per heavy atom. The van der Waals surface area contributed by atoms with Crippen LogP contribution in [0.15, 0.2) is 48.5 Å². The zero-order valence-corrected chi connectivity index (χ0v) is 20.0. The largest absolute Gasteiger partial charge is 0.492 e. The summed E-state index contributed by atoms with van der Waals surface area (Å²) in [5.41, 5.74) is 4.08. The molecule has 0 spiro atoms. The summed E-state index contributed by atoms with van der Waals surface area (Å²) in [6.45, 7) is 6.74. The maximum atomic E-state index is 13.1. The summed E-state index contributed by atoms with van der Waals surface area (Å²) in [6, 6.07) is 17.4. The van der Waals surface area contributed by atoms with E-state index in [-0.39, 0.29) is 0 Å². The molecule has 2 aromatic carbocycles. The smallest absolute Gasteiger partial charge is 0.163 e. The molecule has 1 saturated heterocycles. The molecule has 4 aliphatic rings. The van der Waals surface area contributed by atoms with Crippen LogP contribution in [-0.2, 0) is 0 Å². The second-order valence-corrected chi connectivity index (χ2v) is 11.3. The lowest BCUT2D eigenvalue weighted by Gasteiger charge is -2.53. The van der Waals surface area contributed by atoms with Gasteiger partial charge in [0.1, 0.15) is 12.4 Å². The highest BCUT2D eigenvalue weighted by Gasteiger charge is 2.55. The van der Waals surface area contributed by atoms with Crippen LogP contribution in [0.2, 0.25) is 0 Å². The van der Waals surface area contributed by atoms with Crippen molar-refractivity contribution >= 4 is 5.78 Å². The highest BCUT2D eigenvalue weighted by atomic mass is 16.5. The minimum absolute atomic E-state index is 0.364. The molecule has 0 aromatic heterocycles. The van der Waals surface area contributed by atoms with Gasteiger partial charge < -0.3 is 4.74 Å². The Balaban J connectivity index is 1.27. The van der Waals surface area contributed by atoms with Gasteiger partial charge in [-0.15, -0.1) is 0 Å². The predicted molar refractivity (Wildman–Crippen MR) is 132 cm³/mol. The standard InChI is InChI=1S/C30H37NO2/c1-30-14-6-9-27(30)25-19-28(32)23-7-2-3-8-24(23)29(25)26(20-30)21-10-12-22(13-11-21)33-18-17-31-15-4-5-16-31/h2-3,7-8,10-13,25-27,29H,4-6,9,14-20H2,1H3/t25-,26+,27-,29+,30-/m0/s1. The molecule has 3 nitrogen and oxygen atoms in total.